The van der Waals surface area contributed by atoms with E-state index in [1.165, 1.54) is 0 Å². The van der Waals surface area contributed by atoms with Crippen LogP contribution in [0.1, 0.15) is 25.3 Å². The summed E-state index contributed by atoms with van der Waals surface area (Å²) in [7, 11) is 0. The number of para-hydroxylation sites is 1. The summed E-state index contributed by atoms with van der Waals surface area (Å²) in [4.78, 5) is 23.6. The lowest BCUT2D eigenvalue weighted by atomic mass is 9.77. The van der Waals surface area contributed by atoms with E-state index in [0.717, 1.165) is 24.8 Å². The Bertz CT molecular complexity index is 981. The Hall–Kier alpha value is -3.39. The third-order valence-electron chi connectivity index (χ3n) is 5.96. The highest BCUT2D eigenvalue weighted by atomic mass is 16.6. The second-order valence-corrected chi connectivity index (χ2v) is 8.19. The number of nitrogens with zero attached hydrogens (tertiary/aromatic N) is 1. The molecule has 33 heavy (non-hydrogen) atoms. The minimum atomic E-state index is -0.385. The Morgan fingerprint density at radius 3 is 2.76 bits per heavy atom. The van der Waals surface area contributed by atoms with Crippen molar-refractivity contribution in [3.8, 4) is 5.75 Å². The molecule has 2 aliphatic rings. The van der Waals surface area contributed by atoms with Crippen LogP contribution in [0.5, 0.6) is 5.75 Å². The van der Waals surface area contributed by atoms with Gasteiger partial charge in [0.1, 0.15) is 5.75 Å². The maximum Gasteiger partial charge on any atom is 0.344 e. The van der Waals surface area contributed by atoms with Crippen molar-refractivity contribution in [3.05, 3.63) is 60.2 Å². The van der Waals surface area contributed by atoms with E-state index < -0.39 is 0 Å². The SMILES string of the molecule is CCOC(=O)COc1cccc(C[C@@H]2[C@H](C=NNC(=O)Nc3ccccc3)[C@@H]3CC[C@H]2O3)c1. The largest absolute Gasteiger partial charge is 0.482 e. The number of ether oxygens (including phenoxy) is 3. The molecule has 2 aromatic carbocycles. The normalized spacial score (nSPS) is 23.4. The van der Waals surface area contributed by atoms with Crippen molar-refractivity contribution < 1.29 is 23.8 Å². The fourth-order valence-electron chi connectivity index (χ4n) is 4.53. The number of hydrogen-bond donors (Lipinski definition) is 2. The Morgan fingerprint density at radius 1 is 1.12 bits per heavy atom. The highest BCUT2D eigenvalue weighted by Gasteiger charge is 2.48. The molecule has 0 spiro atoms. The number of fused-ring (bicyclic) bond motifs is 2. The van der Waals surface area contributed by atoms with Gasteiger partial charge >= 0.3 is 12.0 Å². The Kier molecular flexibility index (Phi) is 7.57. The summed E-state index contributed by atoms with van der Waals surface area (Å²) in [6.07, 6.45) is 4.92. The average molecular weight is 452 g/mol. The maximum absolute atomic E-state index is 12.1. The van der Waals surface area contributed by atoms with E-state index in [9.17, 15) is 9.59 Å². The van der Waals surface area contributed by atoms with Gasteiger partial charge in [-0.15, -0.1) is 0 Å². The van der Waals surface area contributed by atoms with E-state index in [-0.39, 0.29) is 42.7 Å². The number of carbonyl (C=O) groups is 2. The molecule has 2 amide bonds. The fourth-order valence-corrected chi connectivity index (χ4v) is 4.53. The summed E-state index contributed by atoms with van der Waals surface area (Å²) in [5.41, 5.74) is 4.36. The van der Waals surface area contributed by atoms with E-state index in [0.29, 0.717) is 18.0 Å². The monoisotopic (exact) mass is 451 g/mol. The van der Waals surface area contributed by atoms with Crippen LogP contribution in [0.2, 0.25) is 0 Å². The molecule has 8 heteroatoms. The van der Waals surface area contributed by atoms with Crippen LogP contribution in [0.4, 0.5) is 10.5 Å². The number of esters is 1. The van der Waals surface area contributed by atoms with Gasteiger partial charge in [0.15, 0.2) is 6.61 Å². The molecule has 4 rings (SSSR count). The lowest BCUT2D eigenvalue weighted by Gasteiger charge is -2.25. The first-order valence-electron chi connectivity index (χ1n) is 11.3. The highest BCUT2D eigenvalue weighted by Crippen LogP contribution is 2.44. The highest BCUT2D eigenvalue weighted by molar-refractivity contribution is 5.89. The summed E-state index contributed by atoms with van der Waals surface area (Å²) in [5, 5.41) is 6.95. The first-order chi connectivity index (χ1) is 16.1. The van der Waals surface area contributed by atoms with E-state index >= 15 is 0 Å². The number of carbonyl (C=O) groups excluding carboxylic acids is 2. The molecule has 2 aliphatic heterocycles. The van der Waals surface area contributed by atoms with Crippen LogP contribution in [0.3, 0.4) is 0 Å². The zero-order valence-electron chi connectivity index (χ0n) is 18.6. The fraction of sp³-hybridized carbons (Fsp3) is 0.400. The average Bonchev–Trinajstić information content (AvgIpc) is 3.41. The van der Waals surface area contributed by atoms with Gasteiger partial charge in [0, 0.05) is 17.8 Å². The molecule has 0 saturated carbocycles. The van der Waals surface area contributed by atoms with Crippen LogP contribution < -0.4 is 15.5 Å². The lowest BCUT2D eigenvalue weighted by Crippen LogP contribution is -2.31. The minimum Gasteiger partial charge on any atom is -0.482 e. The summed E-state index contributed by atoms with van der Waals surface area (Å²) in [6.45, 7) is 1.99. The maximum atomic E-state index is 12.1. The van der Waals surface area contributed by atoms with E-state index in [1.807, 2.05) is 54.6 Å². The first-order valence-corrected chi connectivity index (χ1v) is 11.3. The van der Waals surface area contributed by atoms with Crippen molar-refractivity contribution in [2.45, 2.75) is 38.4 Å². The standard InChI is InChI=1S/C25H29N3O5/c1-2-31-24(29)16-32-19-10-6-7-17(13-19)14-20-21(23-12-11-22(20)33-23)15-26-28-25(30)27-18-8-4-3-5-9-18/h3-10,13,15,20-23H,2,11-12,14,16H2,1H3,(H2,27,28,30)/t20-,21+,22-,23+/m1/s1. The van der Waals surface area contributed by atoms with Gasteiger partial charge in [0.25, 0.3) is 0 Å². The molecule has 174 valence electrons. The molecular formula is C25H29N3O5. The Balaban J connectivity index is 1.34. The third kappa shape index (κ3) is 6.10. The van der Waals surface area contributed by atoms with Crippen molar-refractivity contribution in [2.24, 2.45) is 16.9 Å². The van der Waals surface area contributed by atoms with Crippen molar-refractivity contribution >= 4 is 23.9 Å². The number of urea groups is 1. The van der Waals surface area contributed by atoms with Gasteiger partial charge in [0.2, 0.25) is 0 Å². The van der Waals surface area contributed by atoms with Gasteiger partial charge in [-0.05, 0) is 61.9 Å². The van der Waals surface area contributed by atoms with Gasteiger partial charge in [-0.3, -0.25) is 0 Å². The molecule has 2 aromatic rings. The predicted octanol–water partition coefficient (Wildman–Crippen LogP) is 3.77. The van der Waals surface area contributed by atoms with Gasteiger partial charge in [0.05, 0.1) is 18.8 Å². The molecule has 0 radical (unpaired) electrons. The number of anilines is 1. The van der Waals surface area contributed by atoms with Crippen molar-refractivity contribution in [2.75, 3.05) is 18.5 Å². The molecule has 0 unspecified atom stereocenters. The predicted molar refractivity (Wildman–Crippen MR) is 124 cm³/mol. The van der Waals surface area contributed by atoms with Crippen LogP contribution in [0, 0.1) is 11.8 Å². The number of benzene rings is 2. The quantitative estimate of drug-likeness (QED) is 0.344. The number of amides is 2. The number of nitrogens with one attached hydrogen (secondary N) is 2. The molecular weight excluding hydrogens is 422 g/mol. The van der Waals surface area contributed by atoms with Gasteiger partial charge in [-0.1, -0.05) is 30.3 Å². The third-order valence-corrected chi connectivity index (χ3v) is 5.96. The summed E-state index contributed by atoms with van der Waals surface area (Å²) in [6, 6.07) is 16.6. The van der Waals surface area contributed by atoms with Crippen LogP contribution >= 0.6 is 0 Å². The summed E-state index contributed by atoms with van der Waals surface area (Å²) in [5.74, 6) is 0.621. The summed E-state index contributed by atoms with van der Waals surface area (Å²) < 4.78 is 16.6. The second-order valence-electron chi connectivity index (χ2n) is 8.19. The number of hydrogen-bond acceptors (Lipinski definition) is 6. The molecule has 4 atom stereocenters. The zero-order valence-corrected chi connectivity index (χ0v) is 18.6. The number of hydrazone groups is 1. The lowest BCUT2D eigenvalue weighted by molar-refractivity contribution is -0.145. The zero-order chi connectivity index (χ0) is 23.0. The van der Waals surface area contributed by atoms with Crippen LogP contribution in [-0.2, 0) is 20.7 Å². The molecule has 0 aliphatic carbocycles. The van der Waals surface area contributed by atoms with Gasteiger partial charge in [-0.25, -0.2) is 15.0 Å². The number of rotatable bonds is 9. The second kappa shape index (κ2) is 11.0. The smallest absolute Gasteiger partial charge is 0.344 e. The van der Waals surface area contributed by atoms with Crippen molar-refractivity contribution in [1.82, 2.24) is 5.43 Å². The first kappa shape index (κ1) is 22.8. The van der Waals surface area contributed by atoms with Gasteiger partial charge in [-0.2, -0.15) is 5.10 Å². The molecule has 2 fully saturated rings. The van der Waals surface area contributed by atoms with Crippen LogP contribution in [0.15, 0.2) is 59.7 Å². The van der Waals surface area contributed by atoms with Crippen molar-refractivity contribution in [3.63, 3.8) is 0 Å². The van der Waals surface area contributed by atoms with E-state index in [2.05, 4.69) is 15.8 Å². The molecule has 2 saturated heterocycles. The van der Waals surface area contributed by atoms with Crippen molar-refractivity contribution in [1.29, 1.82) is 0 Å². The molecule has 2 heterocycles. The van der Waals surface area contributed by atoms with E-state index in [1.54, 1.807) is 13.1 Å². The topological polar surface area (TPSA) is 98.3 Å². The van der Waals surface area contributed by atoms with E-state index in [4.69, 9.17) is 14.2 Å². The molecule has 2 bridgehead atoms. The molecule has 8 nitrogen and oxygen atoms in total. The minimum absolute atomic E-state index is 0.111. The summed E-state index contributed by atoms with van der Waals surface area (Å²) >= 11 is 0. The Morgan fingerprint density at radius 2 is 1.94 bits per heavy atom. The van der Waals surface area contributed by atoms with Gasteiger partial charge < -0.3 is 19.5 Å². The molecule has 0 aromatic heterocycles. The van der Waals surface area contributed by atoms with Crippen LogP contribution in [0.25, 0.3) is 0 Å². The van der Waals surface area contributed by atoms with Crippen LogP contribution in [-0.4, -0.2) is 43.6 Å². The Labute approximate surface area is 193 Å². The molecule has 2 N–H and O–H groups in total.